The molecule has 2 aliphatic heterocycles. The first kappa shape index (κ1) is 26.1. The Labute approximate surface area is 227 Å². The van der Waals surface area contributed by atoms with Gasteiger partial charge in [-0.3, -0.25) is 9.36 Å². The Morgan fingerprint density at radius 2 is 2.00 bits per heavy atom. The van der Waals surface area contributed by atoms with Crippen molar-refractivity contribution in [3.63, 3.8) is 0 Å². The molecule has 0 spiro atoms. The molecule has 2 fully saturated rings. The SMILES string of the molecule is Cc1nc2cc(-c3ncc(CF)s3)c(N)cc2c(=O)n1Cc1ccc(Cl)cc1.O=C1OCC2CCCCN12. The molecule has 2 aromatic heterocycles. The van der Waals surface area contributed by atoms with Crippen molar-refractivity contribution in [1.82, 2.24) is 19.4 Å². The standard InChI is InChI=1S/C20H16ClFN4OS.C7H11NO2/c1-11-25-18-7-15(19-24-9-14(8-22)28-19)17(23)6-16(18)20(27)26(11)10-12-2-4-13(21)5-3-12;9-7-8-4-2-1-3-6(8)5-10-7/h2-7,9H,8,10,23H2,1H3;6H,1-5H2. The Hall–Kier alpha value is -3.50. The highest BCUT2D eigenvalue weighted by Crippen LogP contribution is 2.32. The molecule has 0 aliphatic carbocycles. The van der Waals surface area contributed by atoms with Crippen LogP contribution in [0.25, 0.3) is 21.5 Å². The Morgan fingerprint density at radius 3 is 2.71 bits per heavy atom. The largest absolute Gasteiger partial charge is 0.447 e. The highest BCUT2D eigenvalue weighted by atomic mass is 35.5. The fraction of sp³-hybridized carbons (Fsp3) is 0.333. The monoisotopic (exact) mass is 555 g/mol. The molecule has 1 unspecified atom stereocenters. The molecule has 2 saturated heterocycles. The molecule has 1 amide bonds. The number of aryl methyl sites for hydroxylation is 1. The highest BCUT2D eigenvalue weighted by molar-refractivity contribution is 7.15. The van der Waals surface area contributed by atoms with E-state index in [1.54, 1.807) is 35.8 Å². The number of cyclic esters (lactones) is 1. The van der Waals surface area contributed by atoms with Crippen LogP contribution in [-0.2, 0) is 18.0 Å². The molecule has 38 heavy (non-hydrogen) atoms. The van der Waals surface area contributed by atoms with E-state index < -0.39 is 6.67 Å². The fourth-order valence-corrected chi connectivity index (χ4v) is 5.62. The third kappa shape index (κ3) is 5.37. The molecule has 2 aromatic carbocycles. The number of carbonyl (C=O) groups is 1. The van der Waals surface area contributed by atoms with E-state index >= 15 is 0 Å². The van der Waals surface area contributed by atoms with Crippen LogP contribution in [0.3, 0.4) is 0 Å². The number of anilines is 1. The van der Waals surface area contributed by atoms with Gasteiger partial charge in [-0.2, -0.15) is 0 Å². The Balaban J connectivity index is 0.000000244. The van der Waals surface area contributed by atoms with Crippen molar-refractivity contribution in [2.24, 2.45) is 0 Å². The van der Waals surface area contributed by atoms with E-state index in [4.69, 9.17) is 22.1 Å². The summed E-state index contributed by atoms with van der Waals surface area (Å²) >= 11 is 7.16. The number of nitrogens with two attached hydrogens (primary N) is 1. The van der Waals surface area contributed by atoms with Crippen LogP contribution in [0.1, 0.15) is 35.5 Å². The van der Waals surface area contributed by atoms with Crippen LogP contribution >= 0.6 is 22.9 Å². The predicted octanol–water partition coefficient (Wildman–Crippen LogP) is 5.57. The lowest BCUT2D eigenvalue weighted by Crippen LogP contribution is -2.37. The van der Waals surface area contributed by atoms with Crippen molar-refractivity contribution < 1.29 is 13.9 Å². The average molecular weight is 556 g/mol. The summed E-state index contributed by atoms with van der Waals surface area (Å²) in [7, 11) is 0. The van der Waals surface area contributed by atoms with Crippen LogP contribution in [0.5, 0.6) is 0 Å². The molecule has 2 N–H and O–H groups in total. The summed E-state index contributed by atoms with van der Waals surface area (Å²) in [5, 5.41) is 1.68. The van der Waals surface area contributed by atoms with Gasteiger partial charge in [0.25, 0.3) is 5.56 Å². The third-order valence-corrected chi connectivity index (χ3v) is 7.99. The number of amides is 1. The Bertz CT molecular complexity index is 1540. The smallest absolute Gasteiger partial charge is 0.410 e. The van der Waals surface area contributed by atoms with Crippen LogP contribution in [0.4, 0.5) is 14.9 Å². The third-order valence-electron chi connectivity index (χ3n) is 6.75. The van der Waals surface area contributed by atoms with E-state index in [2.05, 4.69) is 9.97 Å². The fourth-order valence-electron chi connectivity index (χ4n) is 4.70. The number of nitrogens with zero attached hydrogens (tertiary/aromatic N) is 4. The number of fused-ring (bicyclic) bond motifs is 2. The minimum absolute atomic E-state index is 0.107. The van der Waals surface area contributed by atoms with Gasteiger partial charge in [-0.05, 0) is 56.0 Å². The number of piperidine rings is 1. The number of carbonyl (C=O) groups excluding carboxylic acids is 1. The van der Waals surface area contributed by atoms with Crippen molar-refractivity contribution in [3.8, 4) is 10.6 Å². The molecule has 4 heterocycles. The van der Waals surface area contributed by atoms with Crippen molar-refractivity contribution in [2.75, 3.05) is 18.9 Å². The summed E-state index contributed by atoms with van der Waals surface area (Å²) in [6.07, 6.45) is 4.91. The number of halogens is 2. The summed E-state index contributed by atoms with van der Waals surface area (Å²) in [4.78, 5) is 35.2. The van der Waals surface area contributed by atoms with Crippen molar-refractivity contribution in [2.45, 2.75) is 45.4 Å². The average Bonchev–Trinajstić information content (AvgIpc) is 3.55. The topological polar surface area (TPSA) is 103 Å². The van der Waals surface area contributed by atoms with Crippen molar-refractivity contribution in [1.29, 1.82) is 0 Å². The van der Waals surface area contributed by atoms with E-state index in [0.717, 1.165) is 24.9 Å². The van der Waals surface area contributed by atoms with Crippen LogP contribution < -0.4 is 11.3 Å². The maximum Gasteiger partial charge on any atom is 0.410 e. The number of ether oxygens (including phenoxy) is 1. The van der Waals surface area contributed by atoms with Crippen LogP contribution in [-0.4, -0.2) is 44.7 Å². The van der Waals surface area contributed by atoms with Crippen molar-refractivity contribution in [3.05, 3.63) is 74.2 Å². The lowest BCUT2D eigenvalue weighted by atomic mass is 10.0. The summed E-state index contributed by atoms with van der Waals surface area (Å²) < 4.78 is 19.3. The zero-order chi connectivity index (χ0) is 26.8. The lowest BCUT2D eigenvalue weighted by Gasteiger charge is -2.25. The molecule has 2 aliphatic rings. The van der Waals surface area contributed by atoms with Gasteiger partial charge < -0.3 is 15.4 Å². The first-order valence-electron chi connectivity index (χ1n) is 12.3. The number of rotatable bonds is 4. The van der Waals surface area contributed by atoms with E-state index in [-0.39, 0.29) is 11.7 Å². The first-order valence-corrected chi connectivity index (χ1v) is 13.5. The second-order valence-corrected chi connectivity index (χ2v) is 10.9. The zero-order valence-corrected chi connectivity index (χ0v) is 22.4. The van der Waals surface area contributed by atoms with E-state index in [1.165, 1.54) is 24.0 Å². The number of hydrogen-bond donors (Lipinski definition) is 1. The minimum atomic E-state index is -0.572. The van der Waals surface area contributed by atoms with Crippen LogP contribution in [0, 0.1) is 6.92 Å². The lowest BCUT2D eigenvalue weighted by molar-refractivity contribution is 0.154. The highest BCUT2D eigenvalue weighted by Gasteiger charge is 2.34. The number of alkyl halides is 1. The molecule has 4 aromatic rings. The Kier molecular flexibility index (Phi) is 7.62. The van der Waals surface area contributed by atoms with E-state index in [9.17, 15) is 14.0 Å². The van der Waals surface area contributed by atoms with Gasteiger partial charge in [0.2, 0.25) is 0 Å². The molecule has 0 radical (unpaired) electrons. The molecular weight excluding hydrogens is 529 g/mol. The molecule has 1 atom stereocenters. The summed E-state index contributed by atoms with van der Waals surface area (Å²) in [5.41, 5.74) is 8.56. The summed E-state index contributed by atoms with van der Waals surface area (Å²) in [6, 6.07) is 11.1. The molecule has 8 nitrogen and oxygen atoms in total. The van der Waals surface area contributed by atoms with Gasteiger partial charge in [-0.1, -0.05) is 23.7 Å². The summed E-state index contributed by atoms with van der Waals surface area (Å²) in [5.74, 6) is 0.590. The van der Waals surface area contributed by atoms with Gasteiger partial charge in [0.05, 0.1) is 28.4 Å². The van der Waals surface area contributed by atoms with Gasteiger partial charge in [0, 0.05) is 29.0 Å². The van der Waals surface area contributed by atoms with Crippen LogP contribution in [0.2, 0.25) is 5.02 Å². The second-order valence-electron chi connectivity index (χ2n) is 9.32. The molecule has 0 bridgehead atoms. The molecule has 198 valence electrons. The minimum Gasteiger partial charge on any atom is -0.447 e. The van der Waals surface area contributed by atoms with Gasteiger partial charge >= 0.3 is 6.09 Å². The first-order chi connectivity index (χ1) is 18.3. The van der Waals surface area contributed by atoms with Gasteiger partial charge in [-0.15, -0.1) is 11.3 Å². The quantitative estimate of drug-likeness (QED) is 0.330. The normalized spacial score (nSPS) is 16.7. The predicted molar refractivity (Wildman–Crippen MR) is 147 cm³/mol. The van der Waals surface area contributed by atoms with Crippen molar-refractivity contribution >= 4 is 45.6 Å². The number of thiazole rings is 1. The van der Waals surface area contributed by atoms with Crippen LogP contribution in [0.15, 0.2) is 47.4 Å². The van der Waals surface area contributed by atoms with Gasteiger partial charge in [0.1, 0.15) is 24.1 Å². The van der Waals surface area contributed by atoms with Gasteiger partial charge in [-0.25, -0.2) is 19.2 Å². The molecule has 6 rings (SSSR count). The zero-order valence-electron chi connectivity index (χ0n) is 20.8. The number of nitrogen functional groups attached to an aromatic ring is 1. The second kappa shape index (κ2) is 11.1. The maximum absolute atomic E-state index is 13.0. The molecule has 0 saturated carbocycles. The van der Waals surface area contributed by atoms with E-state index in [1.807, 2.05) is 17.0 Å². The molecular formula is C27H27ClFN5O3S. The van der Waals surface area contributed by atoms with Gasteiger partial charge in [0.15, 0.2) is 0 Å². The molecule has 11 heteroatoms. The summed E-state index contributed by atoms with van der Waals surface area (Å²) in [6.45, 7) is 3.14. The maximum atomic E-state index is 13.0. The number of hydrogen-bond acceptors (Lipinski definition) is 7. The van der Waals surface area contributed by atoms with E-state index in [0.29, 0.717) is 62.1 Å². The number of benzene rings is 2. The number of aromatic nitrogens is 3. The Morgan fingerprint density at radius 1 is 1.21 bits per heavy atom.